The first-order chi connectivity index (χ1) is 16.3. The van der Waals surface area contributed by atoms with Crippen molar-refractivity contribution in [2.45, 2.75) is 37.0 Å². The maximum absolute atomic E-state index is 12.9. The van der Waals surface area contributed by atoms with E-state index < -0.39 is 26.8 Å². The normalized spacial score (nSPS) is 20.6. The molecule has 2 atom stereocenters. The average Bonchev–Trinajstić information content (AvgIpc) is 3.60. The van der Waals surface area contributed by atoms with E-state index in [0.29, 0.717) is 48.3 Å². The van der Waals surface area contributed by atoms with Crippen LogP contribution in [0.3, 0.4) is 0 Å². The lowest BCUT2D eigenvalue weighted by atomic mass is 9.87. The quantitative estimate of drug-likeness (QED) is 0.554. The molecule has 0 saturated heterocycles. The van der Waals surface area contributed by atoms with Gasteiger partial charge in [0.05, 0.1) is 17.5 Å². The van der Waals surface area contributed by atoms with Gasteiger partial charge in [-0.1, -0.05) is 60.7 Å². The van der Waals surface area contributed by atoms with Crippen LogP contribution in [0, 0.1) is 5.92 Å². The number of sulfonamides is 1. The number of amides is 1. The Morgan fingerprint density at radius 2 is 1.76 bits per heavy atom. The Morgan fingerprint density at radius 1 is 1.06 bits per heavy atom. The Bertz CT molecular complexity index is 1330. The van der Waals surface area contributed by atoms with Crippen molar-refractivity contribution >= 4 is 15.9 Å². The molecular formula is C27H27NO5S. The van der Waals surface area contributed by atoms with Crippen LogP contribution in [0.5, 0.6) is 5.75 Å². The summed E-state index contributed by atoms with van der Waals surface area (Å²) >= 11 is 0. The van der Waals surface area contributed by atoms with Gasteiger partial charge in [0.1, 0.15) is 5.75 Å². The lowest BCUT2D eigenvalue weighted by Gasteiger charge is -2.31. The van der Waals surface area contributed by atoms with Gasteiger partial charge in [-0.25, -0.2) is 13.1 Å². The predicted octanol–water partition coefficient (Wildman–Crippen LogP) is 4.25. The Morgan fingerprint density at radius 3 is 2.50 bits per heavy atom. The van der Waals surface area contributed by atoms with Crippen molar-refractivity contribution in [2.75, 3.05) is 6.61 Å². The highest BCUT2D eigenvalue weighted by Gasteiger charge is 2.51. The molecule has 5 rings (SSSR count). The van der Waals surface area contributed by atoms with Crippen LogP contribution in [0.15, 0.2) is 72.8 Å². The van der Waals surface area contributed by atoms with Crippen molar-refractivity contribution in [3.05, 3.63) is 89.5 Å². The van der Waals surface area contributed by atoms with Crippen LogP contribution >= 0.6 is 0 Å². The zero-order valence-corrected chi connectivity index (χ0v) is 19.7. The molecule has 34 heavy (non-hydrogen) atoms. The fourth-order valence-electron chi connectivity index (χ4n) is 4.38. The fraction of sp³-hybridized carbons (Fsp3) is 0.296. The monoisotopic (exact) mass is 477 g/mol. The van der Waals surface area contributed by atoms with Crippen LogP contribution < -0.4 is 9.46 Å². The SMILES string of the molecule is CC1(S(=O)(=O)NC(=O)c2ccccc2-c2ccc3c(c2)OC[C@@H](Cc2ccccc2)C3O)CC1. The summed E-state index contributed by atoms with van der Waals surface area (Å²) in [4.78, 5) is 12.9. The molecule has 0 bridgehead atoms. The molecule has 1 saturated carbocycles. The average molecular weight is 478 g/mol. The molecule has 2 aliphatic rings. The second-order valence-corrected chi connectivity index (χ2v) is 11.6. The molecule has 3 aromatic rings. The third-order valence-electron chi connectivity index (χ3n) is 6.89. The van der Waals surface area contributed by atoms with Gasteiger partial charge in [0.2, 0.25) is 10.0 Å². The van der Waals surface area contributed by atoms with Crippen LogP contribution in [0.4, 0.5) is 0 Å². The number of carbonyl (C=O) groups is 1. The van der Waals surface area contributed by atoms with E-state index in [2.05, 4.69) is 4.72 Å². The number of rotatable bonds is 6. The summed E-state index contributed by atoms with van der Waals surface area (Å²) in [6, 6.07) is 22.4. The summed E-state index contributed by atoms with van der Waals surface area (Å²) in [5.74, 6) is -0.138. The molecule has 1 unspecified atom stereocenters. The third kappa shape index (κ3) is 4.21. The number of hydrogen-bond acceptors (Lipinski definition) is 5. The number of ether oxygens (including phenoxy) is 1. The number of hydrogen-bond donors (Lipinski definition) is 2. The minimum Gasteiger partial charge on any atom is -0.493 e. The first kappa shape index (κ1) is 22.6. The van der Waals surface area contributed by atoms with Crippen LogP contribution in [-0.2, 0) is 16.4 Å². The van der Waals surface area contributed by atoms with E-state index in [0.717, 1.165) is 5.56 Å². The predicted molar refractivity (Wildman–Crippen MR) is 130 cm³/mol. The van der Waals surface area contributed by atoms with Crippen molar-refractivity contribution in [2.24, 2.45) is 5.92 Å². The van der Waals surface area contributed by atoms with Gasteiger partial charge in [-0.15, -0.1) is 0 Å². The number of benzene rings is 3. The molecule has 6 nitrogen and oxygen atoms in total. The molecule has 3 aromatic carbocycles. The summed E-state index contributed by atoms with van der Waals surface area (Å²) in [6.07, 6.45) is 1.14. The Labute approximate surface area is 199 Å². The van der Waals surface area contributed by atoms with Gasteiger partial charge in [0.25, 0.3) is 5.91 Å². The van der Waals surface area contributed by atoms with Gasteiger partial charge in [-0.3, -0.25) is 4.79 Å². The van der Waals surface area contributed by atoms with E-state index >= 15 is 0 Å². The van der Waals surface area contributed by atoms with Gasteiger partial charge in [-0.2, -0.15) is 0 Å². The Balaban J connectivity index is 1.40. The van der Waals surface area contributed by atoms with Gasteiger partial charge in [0, 0.05) is 17.0 Å². The molecule has 7 heteroatoms. The number of aliphatic hydroxyl groups excluding tert-OH is 1. The van der Waals surface area contributed by atoms with E-state index in [1.165, 1.54) is 0 Å². The number of aliphatic hydroxyl groups is 1. The van der Waals surface area contributed by atoms with E-state index in [1.54, 1.807) is 37.3 Å². The smallest absolute Gasteiger partial charge is 0.265 e. The van der Waals surface area contributed by atoms with Crippen molar-refractivity contribution in [1.29, 1.82) is 0 Å². The largest absolute Gasteiger partial charge is 0.493 e. The molecule has 0 spiro atoms. The molecule has 0 aromatic heterocycles. The molecule has 1 heterocycles. The van der Waals surface area contributed by atoms with Gasteiger partial charge in [-0.05, 0) is 55.0 Å². The van der Waals surface area contributed by atoms with E-state index in [1.807, 2.05) is 42.5 Å². The molecular weight excluding hydrogens is 450 g/mol. The highest BCUT2D eigenvalue weighted by Crippen LogP contribution is 2.43. The number of carbonyl (C=O) groups excluding carboxylic acids is 1. The van der Waals surface area contributed by atoms with Crippen molar-refractivity contribution in [3.63, 3.8) is 0 Å². The highest BCUT2D eigenvalue weighted by molar-refractivity contribution is 7.91. The van der Waals surface area contributed by atoms with E-state index in [9.17, 15) is 18.3 Å². The maximum atomic E-state index is 12.9. The summed E-state index contributed by atoms with van der Waals surface area (Å²) in [7, 11) is -3.74. The summed E-state index contributed by atoms with van der Waals surface area (Å²) < 4.78 is 32.5. The zero-order chi connectivity index (χ0) is 23.9. The first-order valence-electron chi connectivity index (χ1n) is 11.4. The van der Waals surface area contributed by atoms with Crippen LogP contribution in [0.25, 0.3) is 11.1 Å². The van der Waals surface area contributed by atoms with Crippen molar-refractivity contribution in [1.82, 2.24) is 4.72 Å². The minimum absolute atomic E-state index is 0.0622. The molecule has 0 radical (unpaired) electrons. The lowest BCUT2D eigenvalue weighted by Crippen LogP contribution is -2.38. The van der Waals surface area contributed by atoms with Gasteiger partial charge >= 0.3 is 0 Å². The Hall–Kier alpha value is -3.16. The van der Waals surface area contributed by atoms with Crippen molar-refractivity contribution in [3.8, 4) is 16.9 Å². The maximum Gasteiger partial charge on any atom is 0.265 e. The second-order valence-electron chi connectivity index (χ2n) is 9.39. The van der Waals surface area contributed by atoms with Crippen LogP contribution in [0.2, 0.25) is 0 Å². The Kier molecular flexibility index (Phi) is 5.70. The third-order valence-corrected chi connectivity index (χ3v) is 9.04. The van der Waals surface area contributed by atoms with E-state index in [-0.39, 0.29) is 11.5 Å². The summed E-state index contributed by atoms with van der Waals surface area (Å²) in [5, 5.41) is 11.0. The number of fused-ring (bicyclic) bond motifs is 1. The molecule has 176 valence electrons. The van der Waals surface area contributed by atoms with Crippen LogP contribution in [0.1, 0.15) is 47.4 Å². The first-order valence-corrected chi connectivity index (χ1v) is 12.9. The van der Waals surface area contributed by atoms with Gasteiger partial charge < -0.3 is 9.84 Å². The summed E-state index contributed by atoms with van der Waals surface area (Å²) in [6.45, 7) is 2.02. The van der Waals surface area contributed by atoms with Crippen LogP contribution in [-0.4, -0.2) is 30.8 Å². The molecule has 1 amide bonds. The van der Waals surface area contributed by atoms with Gasteiger partial charge in [0.15, 0.2) is 0 Å². The lowest BCUT2D eigenvalue weighted by molar-refractivity contribution is 0.0508. The second kappa shape index (κ2) is 8.56. The minimum atomic E-state index is -3.74. The summed E-state index contributed by atoms with van der Waals surface area (Å²) in [5.41, 5.74) is 3.44. The highest BCUT2D eigenvalue weighted by atomic mass is 32.2. The fourth-order valence-corrected chi connectivity index (χ4v) is 5.62. The standard InChI is InChI=1S/C27H27NO5S/c1-27(13-14-27)34(31,32)28-26(30)22-10-6-5-9-21(22)19-11-12-23-24(16-19)33-17-20(25(23)29)15-18-7-3-2-4-8-18/h2-12,16,20,25,29H,13-15,17H2,1H3,(H,28,30)/t20-,25?/m1/s1. The molecule has 1 aliphatic carbocycles. The topological polar surface area (TPSA) is 92.7 Å². The molecule has 1 aliphatic heterocycles. The zero-order valence-electron chi connectivity index (χ0n) is 18.9. The van der Waals surface area contributed by atoms with Crippen molar-refractivity contribution < 1.29 is 23.1 Å². The molecule has 1 fully saturated rings. The molecule has 2 N–H and O–H groups in total. The number of nitrogens with one attached hydrogen (secondary N) is 1. The van der Waals surface area contributed by atoms with E-state index in [4.69, 9.17) is 4.74 Å².